The van der Waals surface area contributed by atoms with Crippen LogP contribution in [0.1, 0.15) is 22.8 Å². The van der Waals surface area contributed by atoms with Crippen LogP contribution < -0.4 is 14.8 Å². The summed E-state index contributed by atoms with van der Waals surface area (Å²) in [7, 11) is 1.41. The zero-order valence-corrected chi connectivity index (χ0v) is 16.0. The Morgan fingerprint density at radius 1 is 1.24 bits per heavy atom. The Balaban J connectivity index is 1.78. The van der Waals surface area contributed by atoms with Crippen LogP contribution in [-0.4, -0.2) is 34.3 Å². The number of benzene rings is 2. The lowest BCUT2D eigenvalue weighted by Gasteiger charge is -2.11. The number of amides is 1. The van der Waals surface area contributed by atoms with Gasteiger partial charge in [-0.1, -0.05) is 18.2 Å². The Morgan fingerprint density at radius 2 is 2.00 bits per heavy atom. The first-order chi connectivity index (χ1) is 14.0. The molecule has 3 rings (SSSR count). The number of nitro benzene ring substituents is 1. The molecule has 2 aromatic carbocycles. The molecule has 1 aromatic heterocycles. The van der Waals surface area contributed by atoms with E-state index in [-0.39, 0.29) is 29.3 Å². The molecular weight excluding hydrogens is 376 g/mol. The first kappa shape index (κ1) is 19.9. The van der Waals surface area contributed by atoms with Gasteiger partial charge in [0.1, 0.15) is 5.56 Å². The van der Waals surface area contributed by atoms with Gasteiger partial charge in [-0.25, -0.2) is 4.68 Å². The van der Waals surface area contributed by atoms with E-state index in [4.69, 9.17) is 9.47 Å². The number of rotatable bonds is 8. The Morgan fingerprint density at radius 3 is 2.66 bits per heavy atom. The van der Waals surface area contributed by atoms with Crippen molar-refractivity contribution in [3.63, 3.8) is 0 Å². The lowest BCUT2D eigenvalue weighted by atomic mass is 10.1. The molecule has 150 valence electrons. The predicted molar refractivity (Wildman–Crippen MR) is 106 cm³/mol. The van der Waals surface area contributed by atoms with Crippen molar-refractivity contribution in [3.05, 3.63) is 76.1 Å². The maximum Gasteiger partial charge on any atom is 0.286 e. The number of methoxy groups -OCH3 is 1. The van der Waals surface area contributed by atoms with Crippen molar-refractivity contribution >= 4 is 11.6 Å². The molecule has 0 unspecified atom stereocenters. The van der Waals surface area contributed by atoms with E-state index in [1.54, 1.807) is 24.0 Å². The summed E-state index contributed by atoms with van der Waals surface area (Å²) < 4.78 is 12.2. The van der Waals surface area contributed by atoms with Gasteiger partial charge in [-0.3, -0.25) is 14.9 Å². The topological polar surface area (TPSA) is 109 Å². The molecule has 0 bridgehead atoms. The fourth-order valence-corrected chi connectivity index (χ4v) is 2.76. The Hall–Kier alpha value is -3.88. The minimum Gasteiger partial charge on any atom is -0.493 e. The standard InChI is InChI=1S/C20H20N4O5/c1-3-29-19-10-17(24(26)27)16(9-18(19)28-2)20(25)21-11-14-12-22-23(13-14)15-7-5-4-6-8-15/h4-10,12-13H,3,11H2,1-2H3,(H,21,25). The van der Waals surface area contributed by atoms with E-state index >= 15 is 0 Å². The normalized spacial score (nSPS) is 10.4. The summed E-state index contributed by atoms with van der Waals surface area (Å²) in [6.45, 7) is 2.23. The van der Waals surface area contributed by atoms with Gasteiger partial charge in [0.25, 0.3) is 11.6 Å². The van der Waals surface area contributed by atoms with Crippen LogP contribution in [0.5, 0.6) is 11.5 Å². The monoisotopic (exact) mass is 396 g/mol. The van der Waals surface area contributed by atoms with Gasteiger partial charge < -0.3 is 14.8 Å². The van der Waals surface area contributed by atoms with Crippen molar-refractivity contribution in [2.75, 3.05) is 13.7 Å². The smallest absolute Gasteiger partial charge is 0.286 e. The van der Waals surface area contributed by atoms with Crippen LogP contribution in [0.4, 0.5) is 5.69 Å². The summed E-state index contributed by atoms with van der Waals surface area (Å²) in [5, 5.41) is 18.4. The molecule has 0 saturated heterocycles. The number of nitro groups is 1. The maximum absolute atomic E-state index is 12.6. The van der Waals surface area contributed by atoms with Crippen molar-refractivity contribution in [1.82, 2.24) is 15.1 Å². The molecule has 0 aliphatic rings. The van der Waals surface area contributed by atoms with Gasteiger partial charge in [0.05, 0.1) is 36.6 Å². The number of aromatic nitrogens is 2. The summed E-state index contributed by atoms with van der Waals surface area (Å²) in [5.41, 5.74) is 1.18. The van der Waals surface area contributed by atoms with Crippen LogP contribution in [0.2, 0.25) is 0 Å². The van der Waals surface area contributed by atoms with E-state index in [1.807, 2.05) is 30.3 Å². The Bertz CT molecular complexity index is 1020. The number of para-hydroxylation sites is 1. The average molecular weight is 396 g/mol. The minimum atomic E-state index is -0.621. The number of nitrogens with one attached hydrogen (secondary N) is 1. The third-order valence-electron chi connectivity index (χ3n) is 4.13. The van der Waals surface area contributed by atoms with Crippen LogP contribution in [0, 0.1) is 10.1 Å². The molecule has 1 heterocycles. The zero-order valence-electron chi connectivity index (χ0n) is 16.0. The van der Waals surface area contributed by atoms with E-state index in [2.05, 4.69) is 10.4 Å². The van der Waals surface area contributed by atoms with Gasteiger partial charge in [-0.15, -0.1) is 0 Å². The van der Waals surface area contributed by atoms with Crippen molar-refractivity contribution in [1.29, 1.82) is 0 Å². The molecule has 0 spiro atoms. The van der Waals surface area contributed by atoms with E-state index in [0.717, 1.165) is 11.3 Å². The Kier molecular flexibility index (Phi) is 6.08. The molecule has 0 radical (unpaired) electrons. The van der Waals surface area contributed by atoms with E-state index in [9.17, 15) is 14.9 Å². The summed E-state index contributed by atoms with van der Waals surface area (Å²) in [6.07, 6.45) is 3.41. The fraction of sp³-hybridized carbons (Fsp3) is 0.200. The summed E-state index contributed by atoms with van der Waals surface area (Å²) >= 11 is 0. The highest BCUT2D eigenvalue weighted by Gasteiger charge is 2.24. The SMILES string of the molecule is CCOc1cc([N+](=O)[O-])c(C(=O)NCc2cnn(-c3ccccc3)c2)cc1OC. The first-order valence-electron chi connectivity index (χ1n) is 8.90. The molecular formula is C20H20N4O5. The number of carbonyl (C=O) groups is 1. The van der Waals surface area contributed by atoms with E-state index in [0.29, 0.717) is 6.61 Å². The molecule has 1 amide bonds. The van der Waals surface area contributed by atoms with Crippen LogP contribution >= 0.6 is 0 Å². The number of nitrogens with zero attached hydrogens (tertiary/aromatic N) is 3. The van der Waals surface area contributed by atoms with E-state index < -0.39 is 10.8 Å². The van der Waals surface area contributed by atoms with Crippen molar-refractivity contribution in [2.24, 2.45) is 0 Å². The number of ether oxygens (including phenoxy) is 2. The van der Waals surface area contributed by atoms with E-state index in [1.165, 1.54) is 19.2 Å². The third-order valence-corrected chi connectivity index (χ3v) is 4.13. The first-order valence-corrected chi connectivity index (χ1v) is 8.90. The number of carbonyl (C=O) groups excluding carboxylic acids is 1. The molecule has 0 aliphatic heterocycles. The van der Waals surface area contributed by atoms with Crippen molar-refractivity contribution in [3.8, 4) is 17.2 Å². The van der Waals surface area contributed by atoms with Gasteiger partial charge in [-0.2, -0.15) is 5.10 Å². The molecule has 0 saturated carbocycles. The second kappa shape index (κ2) is 8.87. The van der Waals surface area contributed by atoms with Crippen molar-refractivity contribution < 1.29 is 19.2 Å². The molecule has 0 fully saturated rings. The highest BCUT2D eigenvalue weighted by Crippen LogP contribution is 2.34. The zero-order chi connectivity index (χ0) is 20.8. The molecule has 9 heteroatoms. The van der Waals surface area contributed by atoms with Gasteiger partial charge in [0.2, 0.25) is 0 Å². The predicted octanol–water partition coefficient (Wildman–Crippen LogP) is 3.12. The highest BCUT2D eigenvalue weighted by molar-refractivity contribution is 5.99. The minimum absolute atomic E-state index is 0.106. The lowest BCUT2D eigenvalue weighted by molar-refractivity contribution is -0.385. The molecule has 9 nitrogen and oxygen atoms in total. The fourth-order valence-electron chi connectivity index (χ4n) is 2.76. The number of hydrogen-bond acceptors (Lipinski definition) is 6. The number of hydrogen-bond donors (Lipinski definition) is 1. The quantitative estimate of drug-likeness (QED) is 0.463. The van der Waals surface area contributed by atoms with Gasteiger partial charge in [0, 0.05) is 24.4 Å². The van der Waals surface area contributed by atoms with Crippen LogP contribution in [-0.2, 0) is 6.54 Å². The summed E-state index contributed by atoms with van der Waals surface area (Å²) in [4.78, 5) is 23.4. The van der Waals surface area contributed by atoms with Crippen molar-refractivity contribution in [2.45, 2.75) is 13.5 Å². The second-order valence-corrected chi connectivity index (χ2v) is 6.02. The highest BCUT2D eigenvalue weighted by atomic mass is 16.6. The molecule has 3 aromatic rings. The summed E-state index contributed by atoms with van der Waals surface area (Å²) in [5.74, 6) is -0.132. The molecule has 1 N–H and O–H groups in total. The van der Waals surface area contributed by atoms with Gasteiger partial charge in [0.15, 0.2) is 11.5 Å². The lowest BCUT2D eigenvalue weighted by Crippen LogP contribution is -2.23. The average Bonchev–Trinajstić information content (AvgIpc) is 3.21. The molecule has 0 atom stereocenters. The third kappa shape index (κ3) is 4.52. The Labute approximate surface area is 167 Å². The second-order valence-electron chi connectivity index (χ2n) is 6.02. The molecule has 29 heavy (non-hydrogen) atoms. The van der Waals surface area contributed by atoms with Crippen LogP contribution in [0.25, 0.3) is 5.69 Å². The largest absolute Gasteiger partial charge is 0.493 e. The molecule has 0 aliphatic carbocycles. The van der Waals surface area contributed by atoms with Crippen LogP contribution in [0.15, 0.2) is 54.9 Å². The van der Waals surface area contributed by atoms with Crippen LogP contribution in [0.3, 0.4) is 0 Å². The maximum atomic E-state index is 12.6. The van der Waals surface area contributed by atoms with Gasteiger partial charge >= 0.3 is 0 Å². The summed E-state index contributed by atoms with van der Waals surface area (Å²) in [6, 6.07) is 12.0. The van der Waals surface area contributed by atoms with Gasteiger partial charge in [-0.05, 0) is 19.1 Å².